The highest BCUT2D eigenvalue weighted by atomic mass is 35.5. The van der Waals surface area contributed by atoms with Gasteiger partial charge in [0.2, 0.25) is 0 Å². The maximum Gasteiger partial charge on any atom is 0.311 e. The quantitative estimate of drug-likeness (QED) is 0.907. The number of ether oxygens (including phenoxy) is 1. The van der Waals surface area contributed by atoms with E-state index in [1.807, 2.05) is 0 Å². The number of hydrogen-bond acceptors (Lipinski definition) is 4. The van der Waals surface area contributed by atoms with Crippen LogP contribution >= 0.6 is 11.6 Å². The summed E-state index contributed by atoms with van der Waals surface area (Å²) in [5.41, 5.74) is 0.970. The minimum absolute atomic E-state index is 0.109. The van der Waals surface area contributed by atoms with Crippen LogP contribution in [0.4, 0.5) is 0 Å². The van der Waals surface area contributed by atoms with Crippen LogP contribution < -0.4 is 0 Å². The molecule has 1 amide bonds. The van der Waals surface area contributed by atoms with Crippen LogP contribution in [0.5, 0.6) is 0 Å². The highest BCUT2D eigenvalue weighted by molar-refractivity contribution is 6.33. The Hall–Kier alpha value is -1.66. The fourth-order valence-electron chi connectivity index (χ4n) is 2.18. The molecule has 2 atom stereocenters. The second-order valence-electron chi connectivity index (χ2n) is 4.77. The Morgan fingerprint density at radius 1 is 1.50 bits per heavy atom. The molecule has 108 valence electrons. The normalized spacial score (nSPS) is 21.8. The molecule has 1 aliphatic rings. The molecular weight excluding hydrogens is 284 g/mol. The summed E-state index contributed by atoms with van der Waals surface area (Å²) in [7, 11) is 1.55. The first-order valence-corrected chi connectivity index (χ1v) is 6.49. The molecule has 20 heavy (non-hydrogen) atoms. The van der Waals surface area contributed by atoms with Gasteiger partial charge in [0.25, 0.3) is 5.91 Å². The molecule has 0 spiro atoms. The maximum atomic E-state index is 12.4. The lowest BCUT2D eigenvalue weighted by Crippen LogP contribution is -2.44. The molecular formula is C13H15ClN2O4. The number of amides is 1. The molecule has 1 fully saturated rings. The molecule has 0 aromatic carbocycles. The van der Waals surface area contributed by atoms with Crippen molar-refractivity contribution in [2.75, 3.05) is 20.3 Å². The van der Waals surface area contributed by atoms with E-state index in [0.29, 0.717) is 10.7 Å². The zero-order chi connectivity index (χ0) is 14.9. The number of nitrogens with zero attached hydrogens (tertiary/aromatic N) is 2. The predicted molar refractivity (Wildman–Crippen MR) is 71.8 cm³/mol. The van der Waals surface area contributed by atoms with E-state index in [1.165, 1.54) is 11.1 Å². The Morgan fingerprint density at radius 2 is 2.20 bits per heavy atom. The molecule has 1 aromatic heterocycles. The topological polar surface area (TPSA) is 79.7 Å². The molecule has 0 radical (unpaired) electrons. The average molecular weight is 299 g/mol. The summed E-state index contributed by atoms with van der Waals surface area (Å²) in [5.74, 6) is -2.05. The van der Waals surface area contributed by atoms with E-state index in [1.54, 1.807) is 20.0 Å². The zero-order valence-corrected chi connectivity index (χ0v) is 11.9. The van der Waals surface area contributed by atoms with Crippen LogP contribution in [0.25, 0.3) is 0 Å². The van der Waals surface area contributed by atoms with E-state index < -0.39 is 17.9 Å². The van der Waals surface area contributed by atoms with Crippen molar-refractivity contribution in [3.05, 3.63) is 28.5 Å². The number of carboxylic acid groups (broad SMARTS) is 1. The Morgan fingerprint density at radius 3 is 2.80 bits per heavy atom. The van der Waals surface area contributed by atoms with Gasteiger partial charge >= 0.3 is 5.97 Å². The second kappa shape index (κ2) is 5.76. The van der Waals surface area contributed by atoms with Crippen LogP contribution in [-0.2, 0) is 9.53 Å². The predicted octanol–water partition coefficient (Wildman–Crippen LogP) is 1.22. The van der Waals surface area contributed by atoms with E-state index in [-0.39, 0.29) is 24.7 Å². The van der Waals surface area contributed by atoms with Gasteiger partial charge in [-0.1, -0.05) is 11.6 Å². The van der Waals surface area contributed by atoms with E-state index in [4.69, 9.17) is 21.4 Å². The Labute approximate surface area is 121 Å². The van der Waals surface area contributed by atoms with Gasteiger partial charge in [0, 0.05) is 18.9 Å². The van der Waals surface area contributed by atoms with E-state index >= 15 is 0 Å². The van der Waals surface area contributed by atoms with Crippen LogP contribution in [0.15, 0.2) is 12.3 Å². The summed E-state index contributed by atoms with van der Waals surface area (Å²) in [6.07, 6.45) is 1.40. The van der Waals surface area contributed by atoms with Gasteiger partial charge in [-0.25, -0.2) is 0 Å². The van der Waals surface area contributed by atoms with Gasteiger partial charge in [0.05, 0.1) is 29.8 Å². The van der Waals surface area contributed by atoms with Crippen molar-refractivity contribution in [3.8, 4) is 0 Å². The number of aliphatic carboxylic acids is 1. The largest absolute Gasteiger partial charge is 0.481 e. The second-order valence-corrected chi connectivity index (χ2v) is 5.18. The monoisotopic (exact) mass is 298 g/mol. The van der Waals surface area contributed by atoms with Crippen molar-refractivity contribution in [2.45, 2.75) is 13.0 Å². The first kappa shape index (κ1) is 14.7. The Balaban J connectivity index is 2.22. The third-order valence-electron chi connectivity index (χ3n) is 3.41. The molecule has 1 aromatic rings. The van der Waals surface area contributed by atoms with Crippen molar-refractivity contribution in [3.63, 3.8) is 0 Å². The molecule has 0 bridgehead atoms. The number of carboxylic acids is 1. The molecule has 7 heteroatoms. The van der Waals surface area contributed by atoms with Crippen molar-refractivity contribution in [1.82, 2.24) is 9.88 Å². The molecule has 0 saturated carbocycles. The molecule has 2 rings (SSSR count). The number of likely N-dealkylation sites (N-methyl/N-ethyl adjacent to an activating group) is 1. The Bertz CT molecular complexity index is 549. The van der Waals surface area contributed by atoms with Gasteiger partial charge in [-0.3, -0.25) is 14.6 Å². The number of pyridine rings is 1. The van der Waals surface area contributed by atoms with Gasteiger partial charge in [0.1, 0.15) is 5.92 Å². The van der Waals surface area contributed by atoms with Crippen molar-refractivity contribution in [1.29, 1.82) is 0 Å². The molecule has 0 aliphatic carbocycles. The van der Waals surface area contributed by atoms with Gasteiger partial charge in [-0.15, -0.1) is 0 Å². The SMILES string of the molecule is Cc1cc(Cl)c(C(=O)N(C)C2COCC2C(=O)O)cn1. The number of hydrogen-bond donors (Lipinski definition) is 1. The number of aromatic nitrogens is 1. The fraction of sp³-hybridized carbons (Fsp3) is 0.462. The third kappa shape index (κ3) is 2.76. The van der Waals surface area contributed by atoms with Crippen LogP contribution in [-0.4, -0.2) is 53.2 Å². The van der Waals surface area contributed by atoms with E-state index in [2.05, 4.69) is 4.98 Å². The molecule has 1 N–H and O–H groups in total. The highest BCUT2D eigenvalue weighted by Crippen LogP contribution is 2.23. The number of carbonyl (C=O) groups excluding carboxylic acids is 1. The fourth-order valence-corrected chi connectivity index (χ4v) is 2.47. The molecule has 6 nitrogen and oxygen atoms in total. The van der Waals surface area contributed by atoms with Crippen LogP contribution in [0, 0.1) is 12.8 Å². The van der Waals surface area contributed by atoms with E-state index in [9.17, 15) is 9.59 Å². The van der Waals surface area contributed by atoms with Crippen LogP contribution in [0.2, 0.25) is 5.02 Å². The first-order valence-electron chi connectivity index (χ1n) is 6.11. The molecule has 1 aliphatic heterocycles. The molecule has 2 unspecified atom stereocenters. The van der Waals surface area contributed by atoms with Gasteiger partial charge in [-0.05, 0) is 13.0 Å². The molecule has 1 saturated heterocycles. The number of rotatable bonds is 3. The lowest BCUT2D eigenvalue weighted by Gasteiger charge is -2.26. The number of carbonyl (C=O) groups is 2. The van der Waals surface area contributed by atoms with Crippen molar-refractivity contribution >= 4 is 23.5 Å². The number of halogens is 1. The van der Waals surface area contributed by atoms with Gasteiger partial charge < -0.3 is 14.7 Å². The lowest BCUT2D eigenvalue weighted by molar-refractivity contribution is -0.142. The minimum Gasteiger partial charge on any atom is -0.481 e. The number of aryl methyl sites for hydroxylation is 1. The summed E-state index contributed by atoms with van der Waals surface area (Å²) in [5, 5.41) is 9.43. The van der Waals surface area contributed by atoms with Gasteiger partial charge in [0.15, 0.2) is 0 Å². The Kier molecular flexibility index (Phi) is 4.25. The average Bonchev–Trinajstić information content (AvgIpc) is 2.86. The highest BCUT2D eigenvalue weighted by Gasteiger charge is 2.39. The third-order valence-corrected chi connectivity index (χ3v) is 3.72. The summed E-state index contributed by atoms with van der Waals surface area (Å²) < 4.78 is 5.16. The first-order chi connectivity index (χ1) is 9.41. The minimum atomic E-state index is -0.972. The standard InChI is InChI=1S/C13H15ClN2O4/c1-7-3-10(14)8(4-15-7)12(17)16(2)11-6-20-5-9(11)13(18)19/h3-4,9,11H,5-6H2,1-2H3,(H,18,19). The van der Waals surface area contributed by atoms with E-state index in [0.717, 1.165) is 0 Å². The zero-order valence-electron chi connectivity index (χ0n) is 11.2. The van der Waals surface area contributed by atoms with Gasteiger partial charge in [-0.2, -0.15) is 0 Å². The van der Waals surface area contributed by atoms with Crippen LogP contribution in [0.3, 0.4) is 0 Å². The summed E-state index contributed by atoms with van der Waals surface area (Å²) in [4.78, 5) is 28.9. The summed E-state index contributed by atoms with van der Waals surface area (Å²) in [6, 6.07) is 1.10. The molecule has 2 heterocycles. The summed E-state index contributed by atoms with van der Waals surface area (Å²) in [6.45, 7) is 2.09. The van der Waals surface area contributed by atoms with Crippen molar-refractivity contribution in [2.24, 2.45) is 5.92 Å². The van der Waals surface area contributed by atoms with Crippen LogP contribution in [0.1, 0.15) is 16.1 Å². The lowest BCUT2D eigenvalue weighted by atomic mass is 10.0. The smallest absolute Gasteiger partial charge is 0.311 e. The maximum absolute atomic E-state index is 12.4. The summed E-state index contributed by atoms with van der Waals surface area (Å²) >= 11 is 6.04. The van der Waals surface area contributed by atoms with Crippen molar-refractivity contribution < 1.29 is 19.4 Å².